The van der Waals surface area contributed by atoms with Gasteiger partial charge in [-0.2, -0.15) is 0 Å². The number of benzene rings is 2. The van der Waals surface area contributed by atoms with Crippen molar-refractivity contribution in [2.75, 3.05) is 0 Å². The van der Waals surface area contributed by atoms with Gasteiger partial charge in [-0.25, -0.2) is 21.2 Å². The van der Waals surface area contributed by atoms with Crippen LogP contribution in [0.25, 0.3) is 6.08 Å². The van der Waals surface area contributed by atoms with E-state index in [2.05, 4.69) is 0 Å². The average Bonchev–Trinajstić information content (AvgIpc) is 2.77. The predicted molar refractivity (Wildman–Crippen MR) is 100 cm³/mol. The highest BCUT2D eigenvalue weighted by Crippen LogP contribution is 2.50. The highest BCUT2D eigenvalue weighted by atomic mass is 32.3. The predicted octanol–water partition coefficient (Wildman–Crippen LogP) is 2.91. The molecular formula is C19H17FO6S2. The highest BCUT2D eigenvalue weighted by Gasteiger charge is 2.70. The average molecular weight is 424 g/mol. The topological polar surface area (TPSA) is 94.6 Å². The van der Waals surface area contributed by atoms with Crippen LogP contribution in [0.1, 0.15) is 19.4 Å². The second-order valence-corrected chi connectivity index (χ2v) is 10.7. The molecule has 0 saturated carbocycles. The second kappa shape index (κ2) is 6.82. The summed E-state index contributed by atoms with van der Waals surface area (Å²) in [6, 6.07) is 13.1. The molecule has 1 unspecified atom stereocenters. The van der Waals surface area contributed by atoms with Gasteiger partial charge in [0.25, 0.3) is 0 Å². The van der Waals surface area contributed by atoms with Gasteiger partial charge in [0.2, 0.25) is 19.7 Å². The maximum absolute atomic E-state index is 16.1. The number of ether oxygens (including phenoxy) is 1. The minimum atomic E-state index is -5.01. The van der Waals surface area contributed by atoms with E-state index in [1.807, 2.05) is 0 Å². The molecule has 6 nitrogen and oxygen atoms in total. The lowest BCUT2D eigenvalue weighted by atomic mass is 10.1. The largest absolute Gasteiger partial charge is 0.452 e. The molecular weight excluding hydrogens is 407 g/mol. The van der Waals surface area contributed by atoms with Gasteiger partial charge in [-0.3, -0.25) is 4.79 Å². The zero-order valence-electron chi connectivity index (χ0n) is 15.0. The number of sulfone groups is 2. The Hall–Kier alpha value is -2.52. The molecule has 1 aliphatic heterocycles. The molecule has 1 heterocycles. The summed E-state index contributed by atoms with van der Waals surface area (Å²) in [7, 11) is -10.0. The second-order valence-electron chi connectivity index (χ2n) is 6.32. The molecule has 3 rings (SSSR count). The van der Waals surface area contributed by atoms with Crippen molar-refractivity contribution in [2.24, 2.45) is 0 Å². The van der Waals surface area contributed by atoms with Crippen molar-refractivity contribution in [2.45, 2.75) is 34.1 Å². The van der Waals surface area contributed by atoms with Crippen LogP contribution in [0, 0.1) is 0 Å². The van der Waals surface area contributed by atoms with E-state index >= 15 is 4.39 Å². The molecule has 0 amide bonds. The molecule has 0 N–H and O–H groups in total. The van der Waals surface area contributed by atoms with Crippen LogP contribution in [0.4, 0.5) is 4.39 Å². The van der Waals surface area contributed by atoms with Gasteiger partial charge < -0.3 is 4.74 Å². The molecule has 1 aliphatic rings. The number of alkyl halides is 1. The van der Waals surface area contributed by atoms with E-state index in [4.69, 9.17) is 4.74 Å². The van der Waals surface area contributed by atoms with Gasteiger partial charge in [0.1, 0.15) is 0 Å². The maximum Gasteiger partial charge on any atom is 0.357 e. The minimum Gasteiger partial charge on any atom is -0.452 e. The zero-order chi connectivity index (χ0) is 20.7. The van der Waals surface area contributed by atoms with Gasteiger partial charge in [0.15, 0.2) is 6.10 Å². The molecule has 0 fully saturated rings. The van der Waals surface area contributed by atoms with Crippen molar-refractivity contribution in [3.05, 3.63) is 65.7 Å². The van der Waals surface area contributed by atoms with Gasteiger partial charge in [-0.05, 0) is 30.2 Å². The Labute approximate surface area is 162 Å². The van der Waals surface area contributed by atoms with Crippen molar-refractivity contribution in [1.29, 1.82) is 0 Å². The number of hydrogen-bond acceptors (Lipinski definition) is 6. The van der Waals surface area contributed by atoms with Gasteiger partial charge in [-0.15, -0.1) is 0 Å². The Bertz CT molecular complexity index is 1110. The number of esters is 1. The van der Waals surface area contributed by atoms with Crippen molar-refractivity contribution >= 4 is 31.7 Å². The fraction of sp³-hybridized carbons (Fsp3) is 0.211. The van der Waals surface area contributed by atoms with Crippen molar-refractivity contribution in [1.82, 2.24) is 0 Å². The highest BCUT2D eigenvalue weighted by molar-refractivity contribution is 8.12. The summed E-state index contributed by atoms with van der Waals surface area (Å²) in [6.07, 6.45) is -0.796. The lowest BCUT2D eigenvalue weighted by molar-refractivity contribution is -0.146. The first-order valence-electron chi connectivity index (χ1n) is 8.21. The molecule has 148 valence electrons. The molecule has 0 aromatic heterocycles. The zero-order valence-corrected chi connectivity index (χ0v) is 16.6. The Morgan fingerprint density at radius 2 is 1.39 bits per heavy atom. The summed E-state index contributed by atoms with van der Waals surface area (Å²) < 4.78 is 68.9. The molecule has 28 heavy (non-hydrogen) atoms. The number of fused-ring (bicyclic) bond motifs is 1. The van der Waals surface area contributed by atoms with Gasteiger partial charge in [0.05, 0.1) is 9.79 Å². The summed E-state index contributed by atoms with van der Waals surface area (Å²) in [5.74, 6) is -1.01. The summed E-state index contributed by atoms with van der Waals surface area (Å²) in [5.41, 5.74) is 0.495. The standard InChI is InChI=1S/C19H17FO6S2/c1-13(12-15-8-4-3-5-9-15)18(26-14(2)21)19(20)27(22,23)16-10-6-7-11-17(16)28(19,24)25/h3-12,18H,1-2H3/b13-12+. The Morgan fingerprint density at radius 3 is 1.86 bits per heavy atom. The number of hydrogen-bond donors (Lipinski definition) is 0. The molecule has 9 heteroatoms. The lowest BCUT2D eigenvalue weighted by Crippen LogP contribution is -2.50. The summed E-state index contributed by atoms with van der Waals surface area (Å²) in [6.45, 7) is 2.27. The van der Waals surface area contributed by atoms with E-state index in [0.29, 0.717) is 5.56 Å². The van der Waals surface area contributed by atoms with Crippen LogP contribution in [0.5, 0.6) is 0 Å². The van der Waals surface area contributed by atoms with Crippen LogP contribution < -0.4 is 0 Å². The number of carbonyl (C=O) groups excluding carboxylic acids is 1. The lowest BCUT2D eigenvalue weighted by Gasteiger charge is -2.28. The van der Waals surface area contributed by atoms with Crippen molar-refractivity contribution < 1.29 is 30.8 Å². The Kier molecular flexibility index (Phi) is 4.93. The minimum absolute atomic E-state index is 0.0659. The van der Waals surface area contributed by atoms with Crippen LogP contribution in [-0.4, -0.2) is 33.2 Å². The molecule has 0 saturated heterocycles. The normalized spacial score (nSPS) is 20.2. The van der Waals surface area contributed by atoms with Crippen LogP contribution in [0.15, 0.2) is 70.0 Å². The third-order valence-corrected chi connectivity index (χ3v) is 9.58. The van der Waals surface area contributed by atoms with Gasteiger partial charge >= 0.3 is 10.3 Å². The first-order valence-corrected chi connectivity index (χ1v) is 11.2. The summed E-state index contributed by atoms with van der Waals surface area (Å²) in [4.78, 5) is 10.3. The van der Waals surface area contributed by atoms with Crippen LogP contribution in [-0.2, 0) is 29.2 Å². The monoisotopic (exact) mass is 424 g/mol. The third kappa shape index (κ3) is 2.85. The maximum atomic E-state index is 16.1. The smallest absolute Gasteiger partial charge is 0.357 e. The van der Waals surface area contributed by atoms with E-state index < -0.39 is 45.9 Å². The van der Waals surface area contributed by atoms with E-state index in [0.717, 1.165) is 19.1 Å². The van der Waals surface area contributed by atoms with E-state index in [-0.39, 0.29) is 5.57 Å². The van der Waals surface area contributed by atoms with Crippen molar-refractivity contribution in [3.8, 4) is 0 Å². The molecule has 1 atom stereocenters. The van der Waals surface area contributed by atoms with Crippen molar-refractivity contribution in [3.63, 3.8) is 0 Å². The van der Waals surface area contributed by atoms with Crippen LogP contribution in [0.2, 0.25) is 0 Å². The molecule has 0 bridgehead atoms. The fourth-order valence-electron chi connectivity index (χ4n) is 3.11. The number of carbonyl (C=O) groups is 1. The third-order valence-electron chi connectivity index (χ3n) is 4.37. The van der Waals surface area contributed by atoms with Gasteiger partial charge in [-0.1, -0.05) is 48.5 Å². The van der Waals surface area contributed by atoms with Crippen LogP contribution in [0.3, 0.4) is 0 Å². The van der Waals surface area contributed by atoms with Crippen LogP contribution >= 0.6 is 0 Å². The molecule has 2 aromatic rings. The fourth-order valence-corrected chi connectivity index (χ4v) is 8.27. The number of halogens is 1. The summed E-state index contributed by atoms with van der Waals surface area (Å²) in [5, 5.41) is 0. The SMILES string of the molecule is CC(=O)OC(/C(C)=C/c1ccccc1)C1(F)S(=O)(=O)c2ccccc2S1(=O)=O. The molecule has 0 aliphatic carbocycles. The molecule has 0 spiro atoms. The molecule has 0 radical (unpaired) electrons. The first-order chi connectivity index (χ1) is 13.0. The quantitative estimate of drug-likeness (QED) is 0.701. The summed E-state index contributed by atoms with van der Waals surface area (Å²) >= 11 is 0. The Morgan fingerprint density at radius 1 is 0.929 bits per heavy atom. The van der Waals surface area contributed by atoms with E-state index in [9.17, 15) is 21.6 Å². The van der Waals surface area contributed by atoms with Gasteiger partial charge in [0, 0.05) is 6.92 Å². The first kappa shape index (κ1) is 20.2. The number of rotatable bonds is 4. The molecule has 2 aromatic carbocycles. The Balaban J connectivity index is 2.26. The van der Waals surface area contributed by atoms with E-state index in [1.54, 1.807) is 30.3 Å². The van der Waals surface area contributed by atoms with E-state index in [1.165, 1.54) is 25.1 Å².